The van der Waals surface area contributed by atoms with Gasteiger partial charge in [0.15, 0.2) is 6.04 Å². The fraction of sp³-hybridized carbons (Fsp3) is 0.308. The molecule has 0 saturated heterocycles. The van der Waals surface area contributed by atoms with Crippen molar-refractivity contribution in [2.24, 2.45) is 10.7 Å². The molecule has 20 heavy (non-hydrogen) atoms. The first-order valence-corrected chi connectivity index (χ1v) is 6.42. The topological polar surface area (TPSA) is 93.8 Å². The van der Waals surface area contributed by atoms with Gasteiger partial charge in [-0.25, -0.2) is 0 Å². The highest BCUT2D eigenvalue weighted by atomic mass is 35.5. The van der Waals surface area contributed by atoms with Gasteiger partial charge in [-0.15, -0.1) is 0 Å². The van der Waals surface area contributed by atoms with Crippen molar-refractivity contribution in [3.63, 3.8) is 0 Å². The molecule has 2 amide bonds. The summed E-state index contributed by atoms with van der Waals surface area (Å²) in [4.78, 5) is 26.3. The smallest absolute Gasteiger partial charge is 0.273 e. The molecule has 1 aromatic carbocycles. The second kappa shape index (κ2) is 6.02. The number of amidine groups is 1. The fourth-order valence-corrected chi connectivity index (χ4v) is 1.77. The molecule has 7 heteroatoms. The molecule has 0 aliphatic carbocycles. The molecule has 0 bridgehead atoms. The summed E-state index contributed by atoms with van der Waals surface area (Å²) in [6.07, 6.45) is 0.311. The summed E-state index contributed by atoms with van der Waals surface area (Å²) in [6.45, 7) is 2.16. The van der Waals surface area contributed by atoms with Crippen LogP contribution in [0.4, 0.5) is 0 Å². The molecule has 106 valence electrons. The van der Waals surface area contributed by atoms with Gasteiger partial charge in [-0.05, 0) is 30.7 Å². The van der Waals surface area contributed by atoms with Gasteiger partial charge in [0.25, 0.3) is 11.8 Å². The lowest BCUT2D eigenvalue weighted by atomic mass is 10.2. The van der Waals surface area contributed by atoms with Crippen LogP contribution < -0.4 is 15.8 Å². The summed E-state index contributed by atoms with van der Waals surface area (Å²) in [7, 11) is 0. The number of halogens is 1. The van der Waals surface area contributed by atoms with Crippen molar-refractivity contribution in [2.45, 2.75) is 19.4 Å². The van der Waals surface area contributed by atoms with Crippen molar-refractivity contribution in [3.05, 3.63) is 28.8 Å². The van der Waals surface area contributed by atoms with Crippen LogP contribution in [0.3, 0.4) is 0 Å². The molecule has 3 N–H and O–H groups in total. The molecule has 0 aromatic heterocycles. The number of nitrogens with one attached hydrogen (secondary N) is 1. The van der Waals surface area contributed by atoms with E-state index >= 15 is 0 Å². The van der Waals surface area contributed by atoms with E-state index in [1.54, 1.807) is 12.1 Å². The third-order valence-corrected chi connectivity index (χ3v) is 3.22. The summed E-state index contributed by atoms with van der Waals surface area (Å²) < 4.78 is 5.51. The predicted molar refractivity (Wildman–Crippen MR) is 74.9 cm³/mol. The zero-order chi connectivity index (χ0) is 14.7. The van der Waals surface area contributed by atoms with Gasteiger partial charge in [0.2, 0.25) is 0 Å². The molecule has 0 saturated carbocycles. The van der Waals surface area contributed by atoms with Gasteiger partial charge >= 0.3 is 0 Å². The predicted octanol–water partition coefficient (Wildman–Crippen LogP) is 0.800. The van der Waals surface area contributed by atoms with E-state index < -0.39 is 17.9 Å². The zero-order valence-corrected chi connectivity index (χ0v) is 11.6. The lowest BCUT2D eigenvalue weighted by molar-refractivity contribution is -0.129. The number of carbonyl (C=O) groups is 2. The standard InChI is InChI=1S/C13H14ClN3O3/c1-7-6-8(2-3-9(7)14)20-5-4-10-16-12(18)11(15)13(19)17-10/h2-3,6,11H,4-5,15H2,1H3,(H,16,17,18,19). The van der Waals surface area contributed by atoms with E-state index in [1.807, 2.05) is 13.0 Å². The van der Waals surface area contributed by atoms with Crippen molar-refractivity contribution in [1.82, 2.24) is 5.32 Å². The van der Waals surface area contributed by atoms with Crippen LogP contribution in [0, 0.1) is 6.92 Å². The van der Waals surface area contributed by atoms with Crippen LogP contribution >= 0.6 is 11.6 Å². The number of benzene rings is 1. The number of hydrogen-bond donors (Lipinski definition) is 2. The Morgan fingerprint density at radius 3 is 2.85 bits per heavy atom. The summed E-state index contributed by atoms with van der Waals surface area (Å²) in [6, 6.07) is 4.09. The van der Waals surface area contributed by atoms with Gasteiger partial charge in [-0.3, -0.25) is 9.59 Å². The Morgan fingerprint density at radius 2 is 2.20 bits per heavy atom. The van der Waals surface area contributed by atoms with E-state index in [9.17, 15) is 9.59 Å². The van der Waals surface area contributed by atoms with Crippen molar-refractivity contribution < 1.29 is 14.3 Å². The SMILES string of the molecule is Cc1cc(OCCC2=NC(=O)C(N)C(=O)N2)ccc1Cl. The number of aryl methyl sites for hydroxylation is 1. The summed E-state index contributed by atoms with van der Waals surface area (Å²) in [5.41, 5.74) is 6.23. The highest BCUT2D eigenvalue weighted by Crippen LogP contribution is 2.21. The number of hydrogen-bond acceptors (Lipinski definition) is 4. The first-order valence-electron chi connectivity index (χ1n) is 6.04. The average molecular weight is 296 g/mol. The summed E-state index contributed by atoms with van der Waals surface area (Å²) >= 11 is 5.91. The minimum atomic E-state index is -1.21. The molecule has 1 aromatic rings. The maximum atomic E-state index is 11.3. The molecule has 1 heterocycles. The van der Waals surface area contributed by atoms with Crippen molar-refractivity contribution in [2.75, 3.05) is 6.61 Å². The Kier molecular flexibility index (Phi) is 4.36. The third-order valence-electron chi connectivity index (χ3n) is 2.80. The van der Waals surface area contributed by atoms with Crippen LogP contribution in [-0.2, 0) is 9.59 Å². The van der Waals surface area contributed by atoms with Crippen molar-refractivity contribution in [3.8, 4) is 5.75 Å². The van der Waals surface area contributed by atoms with E-state index in [0.717, 1.165) is 5.56 Å². The average Bonchev–Trinajstić information content (AvgIpc) is 2.40. The number of amides is 2. The fourth-order valence-electron chi connectivity index (χ4n) is 1.65. The molecule has 0 spiro atoms. The van der Waals surface area contributed by atoms with Crippen LogP contribution in [0.2, 0.25) is 5.02 Å². The first-order chi connectivity index (χ1) is 9.47. The number of nitrogens with zero attached hydrogens (tertiary/aromatic N) is 1. The minimum Gasteiger partial charge on any atom is -0.493 e. The highest BCUT2D eigenvalue weighted by molar-refractivity contribution is 6.31. The highest BCUT2D eigenvalue weighted by Gasteiger charge is 2.27. The summed E-state index contributed by atoms with van der Waals surface area (Å²) in [5.74, 6) is -0.238. The number of ether oxygens (including phenoxy) is 1. The minimum absolute atomic E-state index is 0.271. The monoisotopic (exact) mass is 295 g/mol. The maximum Gasteiger partial charge on any atom is 0.273 e. The second-order valence-corrected chi connectivity index (χ2v) is 4.78. The van der Waals surface area contributed by atoms with Gasteiger partial charge in [0.05, 0.1) is 6.61 Å². The molecule has 1 unspecified atom stereocenters. The molecule has 1 atom stereocenters. The van der Waals surface area contributed by atoms with E-state index in [0.29, 0.717) is 17.2 Å². The Hall–Kier alpha value is -1.92. The van der Waals surface area contributed by atoms with E-state index in [4.69, 9.17) is 22.1 Å². The van der Waals surface area contributed by atoms with E-state index in [2.05, 4.69) is 10.3 Å². The van der Waals surface area contributed by atoms with E-state index in [-0.39, 0.29) is 12.4 Å². The maximum absolute atomic E-state index is 11.3. The van der Waals surface area contributed by atoms with Crippen LogP contribution in [0.1, 0.15) is 12.0 Å². The lowest BCUT2D eigenvalue weighted by Crippen LogP contribution is -2.52. The van der Waals surface area contributed by atoms with Crippen LogP contribution in [-0.4, -0.2) is 30.3 Å². The zero-order valence-electron chi connectivity index (χ0n) is 10.9. The molecule has 0 radical (unpaired) electrons. The number of nitrogens with two attached hydrogens (primary N) is 1. The number of rotatable bonds is 4. The normalized spacial score (nSPS) is 18.6. The van der Waals surface area contributed by atoms with Gasteiger partial charge in [-0.1, -0.05) is 11.6 Å². The molecule has 1 aliphatic heterocycles. The molecule has 0 fully saturated rings. The lowest BCUT2D eigenvalue weighted by Gasteiger charge is -2.17. The van der Waals surface area contributed by atoms with Crippen LogP contribution in [0.25, 0.3) is 0 Å². The Morgan fingerprint density at radius 1 is 1.45 bits per heavy atom. The van der Waals surface area contributed by atoms with Crippen molar-refractivity contribution in [1.29, 1.82) is 0 Å². The molecular weight excluding hydrogens is 282 g/mol. The third kappa shape index (κ3) is 3.34. The largest absolute Gasteiger partial charge is 0.493 e. The van der Waals surface area contributed by atoms with Gasteiger partial charge < -0.3 is 15.8 Å². The number of carbonyl (C=O) groups excluding carboxylic acids is 2. The Balaban J connectivity index is 1.90. The molecular formula is C13H14ClN3O3. The molecule has 1 aliphatic rings. The number of aliphatic imine (C=N–C) groups is 1. The van der Waals surface area contributed by atoms with E-state index in [1.165, 1.54) is 0 Å². The second-order valence-electron chi connectivity index (χ2n) is 4.37. The van der Waals surface area contributed by atoms with Gasteiger partial charge in [0, 0.05) is 11.4 Å². The van der Waals surface area contributed by atoms with Gasteiger partial charge in [0.1, 0.15) is 11.6 Å². The van der Waals surface area contributed by atoms with Gasteiger partial charge in [-0.2, -0.15) is 4.99 Å². The first kappa shape index (κ1) is 14.5. The molecule has 6 nitrogen and oxygen atoms in total. The quantitative estimate of drug-likeness (QED) is 0.803. The molecule has 2 rings (SSSR count). The Bertz CT molecular complexity index is 586. The van der Waals surface area contributed by atoms with Crippen LogP contribution in [0.5, 0.6) is 5.75 Å². The Labute approximate surface area is 121 Å². The summed E-state index contributed by atoms with van der Waals surface area (Å²) in [5, 5.41) is 3.13. The van der Waals surface area contributed by atoms with Crippen molar-refractivity contribution >= 4 is 29.3 Å². The van der Waals surface area contributed by atoms with Crippen LogP contribution in [0.15, 0.2) is 23.2 Å².